The Morgan fingerprint density at radius 1 is 1.00 bits per heavy atom. The summed E-state index contributed by atoms with van der Waals surface area (Å²) in [5.41, 5.74) is 3.63. The first kappa shape index (κ1) is 23.4. The van der Waals surface area contributed by atoms with Gasteiger partial charge in [0.25, 0.3) is 0 Å². The summed E-state index contributed by atoms with van der Waals surface area (Å²) in [5.74, 6) is 2.38. The Morgan fingerprint density at radius 2 is 1.71 bits per heavy atom. The number of nitrogens with zero attached hydrogens (tertiary/aromatic N) is 5. The molecule has 1 aromatic carbocycles. The van der Waals surface area contributed by atoms with Gasteiger partial charge in [0.05, 0.1) is 6.26 Å². The van der Waals surface area contributed by atoms with E-state index in [-0.39, 0.29) is 6.10 Å². The number of aromatic nitrogens is 2. The van der Waals surface area contributed by atoms with Gasteiger partial charge in [-0.15, -0.1) is 0 Å². The van der Waals surface area contributed by atoms with Gasteiger partial charge in [0.1, 0.15) is 11.9 Å². The Balaban J connectivity index is 1.15. The lowest BCUT2D eigenvalue weighted by atomic mass is 9.89. The molecule has 5 rings (SSSR count). The molecule has 34 heavy (non-hydrogen) atoms. The Labute approximate surface area is 203 Å². The summed E-state index contributed by atoms with van der Waals surface area (Å²) in [6.07, 6.45) is 10.7. The second-order valence-electron chi connectivity index (χ2n) is 9.77. The molecule has 0 bridgehead atoms. The maximum absolute atomic E-state index is 11.8. The monoisotopic (exact) mass is 485 g/mol. The molecule has 3 aliphatic rings. The number of fused-ring (bicyclic) bond motifs is 1. The van der Waals surface area contributed by atoms with Crippen LogP contribution in [0.1, 0.15) is 37.3 Å². The summed E-state index contributed by atoms with van der Waals surface area (Å²) in [6.45, 7) is 6.61. The van der Waals surface area contributed by atoms with Crippen molar-refractivity contribution >= 4 is 21.7 Å². The quantitative estimate of drug-likeness (QED) is 0.623. The van der Waals surface area contributed by atoms with Crippen LogP contribution < -0.4 is 14.5 Å². The number of hydrogen-bond acceptors (Lipinski definition) is 7. The molecule has 184 valence electrons. The largest absolute Gasteiger partial charge is 0.490 e. The molecular weight excluding hydrogens is 450 g/mol. The van der Waals surface area contributed by atoms with Crippen molar-refractivity contribution in [2.75, 3.05) is 55.3 Å². The molecule has 8 nitrogen and oxygen atoms in total. The summed E-state index contributed by atoms with van der Waals surface area (Å²) in [5, 5.41) is 0. The third-order valence-corrected chi connectivity index (χ3v) is 8.70. The lowest BCUT2D eigenvalue weighted by Gasteiger charge is -2.34. The van der Waals surface area contributed by atoms with E-state index < -0.39 is 10.0 Å². The SMILES string of the molecule is CCCc1cnc(N2CCC(C3Cc4cc(N5CCN(S(C)(=O)=O)CC5)ccc4O3)CC2)nc1. The molecule has 1 atom stereocenters. The van der Waals surface area contributed by atoms with Gasteiger partial charge >= 0.3 is 0 Å². The van der Waals surface area contributed by atoms with Gasteiger partial charge in [-0.3, -0.25) is 0 Å². The molecule has 2 aromatic rings. The van der Waals surface area contributed by atoms with Crippen LogP contribution in [0.2, 0.25) is 0 Å². The molecule has 2 fully saturated rings. The summed E-state index contributed by atoms with van der Waals surface area (Å²) < 4.78 is 31.5. The highest BCUT2D eigenvalue weighted by Gasteiger charge is 2.34. The highest BCUT2D eigenvalue weighted by Crippen LogP contribution is 2.37. The van der Waals surface area contributed by atoms with Crippen molar-refractivity contribution in [1.29, 1.82) is 0 Å². The smallest absolute Gasteiger partial charge is 0.225 e. The fraction of sp³-hybridized carbons (Fsp3) is 0.600. The highest BCUT2D eigenvalue weighted by molar-refractivity contribution is 7.88. The first-order valence-corrected chi connectivity index (χ1v) is 14.3. The Hall–Kier alpha value is -2.39. The number of sulfonamides is 1. The third-order valence-electron chi connectivity index (χ3n) is 7.39. The second-order valence-corrected chi connectivity index (χ2v) is 11.7. The van der Waals surface area contributed by atoms with Crippen molar-refractivity contribution in [2.24, 2.45) is 5.92 Å². The van der Waals surface area contributed by atoms with E-state index >= 15 is 0 Å². The van der Waals surface area contributed by atoms with Crippen LogP contribution in [0, 0.1) is 5.92 Å². The fourth-order valence-electron chi connectivity index (χ4n) is 5.40. The fourth-order valence-corrected chi connectivity index (χ4v) is 6.23. The molecule has 0 saturated carbocycles. The first-order chi connectivity index (χ1) is 16.4. The zero-order valence-corrected chi connectivity index (χ0v) is 21.0. The highest BCUT2D eigenvalue weighted by atomic mass is 32.2. The normalized spacial score (nSPS) is 22.0. The zero-order valence-electron chi connectivity index (χ0n) is 20.2. The topological polar surface area (TPSA) is 78.9 Å². The zero-order chi connectivity index (χ0) is 23.7. The van der Waals surface area contributed by atoms with Gasteiger partial charge in [0, 0.05) is 63.8 Å². The predicted molar refractivity (Wildman–Crippen MR) is 134 cm³/mol. The van der Waals surface area contributed by atoms with Crippen LogP contribution in [-0.4, -0.2) is 74.3 Å². The maximum atomic E-state index is 11.8. The second kappa shape index (κ2) is 9.70. The molecular formula is C25H35N5O3S. The lowest BCUT2D eigenvalue weighted by molar-refractivity contribution is 0.138. The van der Waals surface area contributed by atoms with Crippen molar-refractivity contribution in [3.8, 4) is 5.75 Å². The molecule has 0 spiro atoms. The van der Waals surface area contributed by atoms with Crippen molar-refractivity contribution in [3.05, 3.63) is 41.7 Å². The minimum Gasteiger partial charge on any atom is -0.490 e. The van der Waals surface area contributed by atoms with Gasteiger partial charge in [-0.1, -0.05) is 13.3 Å². The molecule has 0 amide bonds. The minimum absolute atomic E-state index is 0.224. The Kier molecular flexibility index (Phi) is 6.66. The van der Waals surface area contributed by atoms with Crippen LogP contribution in [0.3, 0.4) is 0 Å². The molecule has 1 aromatic heterocycles. The van der Waals surface area contributed by atoms with E-state index in [1.165, 1.54) is 17.4 Å². The molecule has 0 aliphatic carbocycles. The first-order valence-electron chi connectivity index (χ1n) is 12.5. The van der Waals surface area contributed by atoms with Crippen LogP contribution >= 0.6 is 0 Å². The van der Waals surface area contributed by atoms with Crippen molar-refractivity contribution < 1.29 is 13.2 Å². The number of ether oxygens (including phenoxy) is 1. The summed E-state index contributed by atoms with van der Waals surface area (Å²) >= 11 is 0. The molecule has 2 saturated heterocycles. The van der Waals surface area contributed by atoms with E-state index in [2.05, 4.69) is 44.9 Å². The summed E-state index contributed by atoms with van der Waals surface area (Å²) in [4.78, 5) is 13.8. The van der Waals surface area contributed by atoms with Crippen molar-refractivity contribution in [3.63, 3.8) is 0 Å². The average molecular weight is 486 g/mol. The van der Waals surface area contributed by atoms with Crippen LogP contribution in [0.4, 0.5) is 11.6 Å². The molecule has 1 unspecified atom stereocenters. The maximum Gasteiger partial charge on any atom is 0.225 e. The van der Waals surface area contributed by atoms with E-state index in [0.29, 0.717) is 19.0 Å². The number of rotatable bonds is 6. The number of aryl methyl sites for hydroxylation is 1. The Bertz CT molecular complexity index is 1090. The average Bonchev–Trinajstić information content (AvgIpc) is 3.28. The van der Waals surface area contributed by atoms with E-state index in [1.54, 1.807) is 4.31 Å². The molecule has 4 heterocycles. The van der Waals surface area contributed by atoms with Gasteiger partial charge < -0.3 is 14.5 Å². The van der Waals surface area contributed by atoms with Gasteiger partial charge in [-0.05, 0) is 54.5 Å². The van der Waals surface area contributed by atoms with Crippen LogP contribution in [0.15, 0.2) is 30.6 Å². The number of piperazine rings is 1. The van der Waals surface area contributed by atoms with Gasteiger partial charge in [0.15, 0.2) is 0 Å². The number of benzene rings is 1. The van der Waals surface area contributed by atoms with Gasteiger partial charge in [0.2, 0.25) is 16.0 Å². The van der Waals surface area contributed by atoms with Crippen molar-refractivity contribution in [1.82, 2.24) is 14.3 Å². The van der Waals surface area contributed by atoms with E-state index in [9.17, 15) is 8.42 Å². The minimum atomic E-state index is -3.11. The van der Waals surface area contributed by atoms with E-state index in [0.717, 1.165) is 75.7 Å². The van der Waals surface area contributed by atoms with Crippen LogP contribution in [0.25, 0.3) is 0 Å². The summed E-state index contributed by atoms with van der Waals surface area (Å²) in [7, 11) is -3.11. The molecule has 9 heteroatoms. The van der Waals surface area contributed by atoms with Crippen LogP contribution in [0.5, 0.6) is 5.75 Å². The lowest BCUT2D eigenvalue weighted by Crippen LogP contribution is -2.48. The molecule has 3 aliphatic heterocycles. The number of hydrogen-bond donors (Lipinski definition) is 0. The molecule has 0 radical (unpaired) electrons. The summed E-state index contributed by atoms with van der Waals surface area (Å²) in [6, 6.07) is 6.44. The number of anilines is 2. The predicted octanol–water partition coefficient (Wildman–Crippen LogP) is 2.73. The van der Waals surface area contributed by atoms with Crippen molar-refractivity contribution in [2.45, 2.75) is 45.1 Å². The van der Waals surface area contributed by atoms with Gasteiger partial charge in [-0.2, -0.15) is 4.31 Å². The van der Waals surface area contributed by atoms with E-state index in [4.69, 9.17) is 4.74 Å². The molecule has 0 N–H and O–H groups in total. The van der Waals surface area contributed by atoms with Gasteiger partial charge in [-0.25, -0.2) is 18.4 Å². The number of piperidine rings is 1. The van der Waals surface area contributed by atoms with Crippen LogP contribution in [-0.2, 0) is 22.9 Å². The van der Waals surface area contributed by atoms with E-state index in [1.807, 2.05) is 12.4 Å². The third kappa shape index (κ3) is 5.00. The Morgan fingerprint density at radius 3 is 2.35 bits per heavy atom. The standard InChI is InChI=1S/C25H35N5O3S/c1-3-4-19-17-26-25(27-18-19)29-9-7-20(8-10-29)24-16-21-15-22(5-6-23(21)33-24)28-11-13-30(14-12-28)34(2,31)32/h5-6,15,17-18,20,24H,3-4,7-14,16H2,1-2H3.